The zero-order valence-corrected chi connectivity index (χ0v) is 2.31. The Morgan fingerprint density at radius 3 is 0.167 bits per heavy atom. The van der Waals surface area contributed by atoms with Crippen LogP contribution in [0.2, 0.25) is 5.65 Å². The van der Waals surface area contributed by atoms with Gasteiger partial charge in [0.15, 0.2) is 0 Å². The van der Waals surface area contributed by atoms with Crippen molar-refractivity contribution in [2.24, 2.45) is 0 Å². The second-order valence-corrected chi connectivity index (χ2v) is 0. The topological polar surface area (TPSA) is 140 Å². The van der Waals surface area contributed by atoms with Gasteiger partial charge in [-0.25, -0.2) is 0 Å². The molecule has 0 saturated heterocycles. The normalized spacial score (nSPS) is 1.17. The monoisotopic (exact) mass is 393 g/mol. The molecule has 4 heteroatoms. The Kier molecular flexibility index (Phi) is 15000000. The van der Waals surface area contributed by atoms with Gasteiger partial charge in [-0.05, 0) is 0 Å². The van der Waals surface area contributed by atoms with Crippen LogP contribution < -0.4 is 24.6 Å². The molecule has 0 fully saturated rings. The molecule has 0 heterocycles. The maximum Gasteiger partial charge on any atom is 0.115 e. The Morgan fingerprint density at radius 1 is 0.167 bits per heavy atom. The zero-order chi connectivity index (χ0) is 8.00. The van der Waals surface area contributed by atoms with Crippen molar-refractivity contribution in [2.75, 3.05) is 0 Å². The first-order chi connectivity index (χ1) is 4.00. The Hall–Kier alpha value is -0.160. The molecule has 0 spiro atoms. The quantitative estimate of drug-likeness (QED) is 0.325. The maximum absolute atomic E-state index is 5.25. The first kappa shape index (κ1) is 843. The van der Waals surface area contributed by atoms with Crippen LogP contribution in [-0.4, -0.2) is 0 Å². The summed E-state index contributed by atoms with van der Waals surface area (Å²) in [5.74, 6) is 0. The van der Waals surface area contributed by atoms with Crippen LogP contribution in [0.4, 0.5) is 0 Å². The van der Waals surface area contributed by atoms with E-state index in [4.69, 9.17) is 5.65 Å². The predicted octanol–water partition coefficient (Wildman–Crippen LogP) is 13.4. The van der Waals surface area contributed by atoms with E-state index < -0.39 is 0 Å². The summed E-state index contributed by atoms with van der Waals surface area (Å²) in [5.41, 5.74) is 0. The molecule has 4 nitrogen and oxygen atoms in total. The molecule has 192 valence electrons. The van der Waals surface area contributed by atoms with Crippen molar-refractivity contribution in [1.29, 1.82) is 0 Å². The molecule has 0 aliphatic heterocycles. The van der Waals surface area contributed by atoms with E-state index in [0.717, 1.165) is 0 Å². The van der Waals surface area contributed by atoms with E-state index in [1.54, 1.807) is 0 Å². The molecule has 0 aromatic heterocycles. The summed E-state index contributed by atoms with van der Waals surface area (Å²) in [6.45, 7) is 0. The molecule has 0 rings (SSSR count). The van der Waals surface area contributed by atoms with E-state index in [-0.39, 0.29) is 149 Å². The van der Waals surface area contributed by atoms with Gasteiger partial charge in [0.2, 0.25) is 0 Å². The van der Waals surface area contributed by atoms with E-state index in [1.165, 1.54) is 0 Å². The molecule has 0 aromatic carbocycles. The summed E-state index contributed by atoms with van der Waals surface area (Å²) >= 11 is 0. The maximum atomic E-state index is 5.25. The van der Waals surface area contributed by atoms with Gasteiger partial charge in [-0.2, -0.15) is 0 Å². The Labute approximate surface area is 179 Å². The van der Waals surface area contributed by atoms with Crippen molar-refractivity contribution >= 4 is 0 Å². The fraction of sp³-hybridized carbons (Fsp3) is 1.00. The van der Waals surface area contributed by atoms with Gasteiger partial charge in [-0.3, -0.25) is 0 Å². The minimum Gasteiger partial charge on any atom is -0.344 e. The van der Waals surface area contributed by atoms with Gasteiger partial charge in [0.1, 0.15) is 5.65 Å². The highest BCUT2D eigenvalue weighted by molar-refractivity contribution is 2.52. The molecule has 24 heavy (non-hydrogen) atoms. The van der Waals surface area contributed by atoms with Crippen molar-refractivity contribution in [3.05, 3.63) is 0 Å². The molecular weight excluding hydrogens is 296 g/mol. The van der Waals surface area contributed by atoms with E-state index in [1.807, 2.05) is 0 Å². The third-order valence-electron chi connectivity index (χ3n) is 0. The summed E-state index contributed by atoms with van der Waals surface area (Å²) in [5, 5.41) is 0. The molecule has 0 amide bonds. The largest absolute Gasteiger partial charge is 0.344 e. The average Bonchev–Trinajstić information content (AvgIpc) is 2.03. The van der Waals surface area contributed by atoms with Crippen LogP contribution in [0.25, 0.3) is 0 Å². The van der Waals surface area contributed by atoms with Crippen molar-refractivity contribution in [3.63, 3.8) is 0 Å². The van der Waals surface area contributed by atoms with Crippen molar-refractivity contribution in [3.8, 4) is 0 Å². The highest BCUT2D eigenvalue weighted by atomic mass is 14.0. The van der Waals surface area contributed by atoms with Gasteiger partial charge >= 0.3 is 0 Å². The molecule has 0 aliphatic rings. The molecule has 0 radical (unpaired) electrons. The highest BCUT2D eigenvalue weighted by Crippen LogP contribution is 0.163. The summed E-state index contributed by atoms with van der Waals surface area (Å²) in [7, 11) is 0. The first-order valence-electron chi connectivity index (χ1n) is 2.31. The molecule has 0 saturated carbocycles. The third kappa shape index (κ3) is 371000. The fourth-order valence-electron chi connectivity index (χ4n) is 0. The van der Waals surface area contributed by atoms with Gasteiger partial charge < -0.3 is 24.6 Å². The van der Waals surface area contributed by atoms with Crippen molar-refractivity contribution in [2.45, 2.75) is 149 Å². The molecule has 0 unspecified atom stereocenters. The second-order valence-electron chi connectivity index (χ2n) is 0. The zero-order valence-electron chi connectivity index (χ0n) is 6.31. The number of rotatable bonds is 0. The second kappa shape index (κ2) is 426000. The van der Waals surface area contributed by atoms with Crippen molar-refractivity contribution < 1.29 is 5.65 Å². The van der Waals surface area contributed by atoms with Crippen LogP contribution >= 0.6 is 0 Å². The SMILES string of the molecule is C.C.C.C.C.C.C.C.C.C.C.C.C.C.C.C.C.C.C.C.[2H]N.[2H]N.[2H]N.[2H]N. The van der Waals surface area contributed by atoms with E-state index in [2.05, 4.69) is 24.6 Å². The lowest BCUT2D eigenvalue weighted by atomic mass is 12.0. The number of hydrogen-bond donors (Lipinski definition) is 4. The lowest BCUT2D eigenvalue weighted by Crippen LogP contribution is -0.482. The first-order valence-corrected chi connectivity index (χ1v) is 0. The summed E-state index contributed by atoms with van der Waals surface area (Å²) < 4.78 is 21.0. The summed E-state index contributed by atoms with van der Waals surface area (Å²) in [6.07, 6.45) is 15.0. The van der Waals surface area contributed by atoms with Crippen LogP contribution in [0.5, 0.6) is 0 Å². The predicted molar refractivity (Wildman–Crippen MR) is 155 cm³/mol. The smallest absolute Gasteiger partial charge is 0.115 e. The lowest BCUT2D eigenvalue weighted by molar-refractivity contribution is 2.13. The van der Waals surface area contributed by atoms with Gasteiger partial charge in [0.25, 0.3) is 0 Å². The molecule has 12 N–H and O–H groups in total. The Morgan fingerprint density at radius 2 is 0.167 bits per heavy atom. The summed E-state index contributed by atoms with van der Waals surface area (Å²) in [4.78, 5) is 0. The third-order valence-corrected chi connectivity index (χ3v) is 0. The molecule has 0 bridgehead atoms. The minimum atomic E-state index is 0. The van der Waals surface area contributed by atoms with Crippen LogP contribution in [-0.2, 0) is 0 Å². The van der Waals surface area contributed by atoms with Crippen LogP contribution in [0.15, 0.2) is 0 Å². The molecule has 0 aromatic rings. The van der Waals surface area contributed by atoms with Gasteiger partial charge in [0, 0.05) is 0 Å². The Bertz CT molecular complexity index is 32.2. The highest BCUT2D eigenvalue weighted by Gasteiger charge is -0.0583. The summed E-state index contributed by atoms with van der Waals surface area (Å²) in [6, 6.07) is 0. The van der Waals surface area contributed by atoms with Crippen molar-refractivity contribution in [1.82, 2.24) is 24.6 Å². The Balaban J connectivity index is -0.000000000280. The fourth-order valence-corrected chi connectivity index (χ4v) is 0. The lowest BCUT2D eigenvalue weighted by Gasteiger charge is -0.345. The molecule has 0 aliphatic carbocycles. The average molecular weight is 393 g/mol. The molecule has 0 atom stereocenters. The van der Waals surface area contributed by atoms with Crippen LogP contribution in [0.3, 0.4) is 0 Å². The van der Waals surface area contributed by atoms with Gasteiger partial charge in [-0.15, -0.1) is 0 Å². The standard InChI is InChI=1S/20CH4.4H3N/h20*1H4;4*1H3/i/hD4. The van der Waals surface area contributed by atoms with E-state index >= 15 is 0 Å². The van der Waals surface area contributed by atoms with Crippen LogP contribution in [0, 0.1) is 0 Å². The van der Waals surface area contributed by atoms with Crippen LogP contribution in [0.1, 0.15) is 149 Å². The molecular formula is C20H92N4. The minimum absolute atomic E-state index is 0. The van der Waals surface area contributed by atoms with Gasteiger partial charge in [0.05, 0.1) is 0 Å². The number of hydrogen-bond acceptors (Lipinski definition) is 4. The van der Waals surface area contributed by atoms with E-state index in [9.17, 15) is 0 Å². The van der Waals surface area contributed by atoms with Gasteiger partial charge in [-0.1, -0.05) is 149 Å². The van der Waals surface area contributed by atoms with E-state index in [0.29, 0.717) is 0 Å².